The van der Waals surface area contributed by atoms with Crippen LogP contribution in [0.5, 0.6) is 5.75 Å². The fourth-order valence-electron chi connectivity index (χ4n) is 4.85. The second-order valence-corrected chi connectivity index (χ2v) is 10.1. The Hall–Kier alpha value is -2.48. The molecule has 1 aromatic carbocycles. The first-order valence-electron chi connectivity index (χ1n) is 12.4. The largest absolute Gasteiger partial charge is 0.491 e. The molecule has 1 aliphatic carbocycles. The Balaban J connectivity index is 1.73. The number of halogens is 1. The number of benzene rings is 1. The molecule has 8 heteroatoms. The van der Waals surface area contributed by atoms with E-state index in [1.807, 2.05) is 19.9 Å². The highest BCUT2D eigenvalue weighted by Crippen LogP contribution is 2.40. The van der Waals surface area contributed by atoms with E-state index < -0.39 is 6.10 Å². The minimum absolute atomic E-state index is 0.173. The summed E-state index contributed by atoms with van der Waals surface area (Å²) in [6, 6.07) is 5.42. The first kappa shape index (κ1) is 25.6. The number of hydrogen-bond acceptors (Lipinski definition) is 7. The van der Waals surface area contributed by atoms with Gasteiger partial charge in [-0.1, -0.05) is 30.1 Å². The van der Waals surface area contributed by atoms with Crippen LogP contribution in [0.3, 0.4) is 0 Å². The lowest BCUT2D eigenvalue weighted by atomic mass is 9.71. The molecule has 0 radical (unpaired) electrons. The zero-order valence-corrected chi connectivity index (χ0v) is 21.9. The molecule has 1 saturated carbocycles. The molecule has 0 bridgehead atoms. The summed E-state index contributed by atoms with van der Waals surface area (Å²) in [5, 5.41) is 17.6. The molecule has 1 atom stereocenters. The van der Waals surface area contributed by atoms with E-state index in [0.717, 1.165) is 46.3 Å². The second-order valence-electron chi connectivity index (χ2n) is 9.65. The van der Waals surface area contributed by atoms with E-state index in [2.05, 4.69) is 24.3 Å². The third kappa shape index (κ3) is 5.68. The van der Waals surface area contributed by atoms with E-state index in [9.17, 15) is 5.11 Å². The van der Waals surface area contributed by atoms with Crippen LogP contribution in [0.1, 0.15) is 48.9 Å². The fourth-order valence-corrected chi connectivity index (χ4v) is 5.05. The zero-order chi connectivity index (χ0) is 25.1. The molecule has 0 aliphatic heterocycles. The summed E-state index contributed by atoms with van der Waals surface area (Å²) in [7, 11) is 1.79. The minimum Gasteiger partial charge on any atom is -0.491 e. The maximum atomic E-state index is 10.0. The first-order valence-corrected chi connectivity index (χ1v) is 12.7. The van der Waals surface area contributed by atoms with Crippen LogP contribution in [0.15, 0.2) is 22.7 Å². The van der Waals surface area contributed by atoms with Gasteiger partial charge >= 0.3 is 0 Å². The number of hydrogen-bond donors (Lipinski definition) is 2. The third-order valence-electron chi connectivity index (χ3n) is 6.97. The van der Waals surface area contributed by atoms with Gasteiger partial charge in [-0.3, -0.25) is 0 Å². The van der Waals surface area contributed by atoms with Gasteiger partial charge in [0.2, 0.25) is 0 Å². The molecule has 188 valence electrons. The number of ether oxygens (including phenoxy) is 1. The molecule has 0 amide bonds. The van der Waals surface area contributed by atoms with Crippen molar-refractivity contribution in [2.24, 2.45) is 11.8 Å². The van der Waals surface area contributed by atoms with Gasteiger partial charge in [0.25, 0.3) is 0 Å². The van der Waals surface area contributed by atoms with E-state index in [4.69, 9.17) is 30.8 Å². The van der Waals surface area contributed by atoms with Crippen LogP contribution in [0.25, 0.3) is 22.6 Å². The van der Waals surface area contributed by atoms with Crippen LogP contribution in [0, 0.1) is 32.6 Å². The molecule has 1 aliphatic rings. The average Bonchev–Trinajstić information content (AvgIpc) is 3.14. The van der Waals surface area contributed by atoms with Crippen LogP contribution in [0.2, 0.25) is 5.02 Å². The van der Waals surface area contributed by atoms with Gasteiger partial charge in [0, 0.05) is 17.8 Å². The summed E-state index contributed by atoms with van der Waals surface area (Å²) in [6.07, 6.45) is 4.03. The van der Waals surface area contributed by atoms with E-state index >= 15 is 0 Å². The van der Waals surface area contributed by atoms with Crippen molar-refractivity contribution < 1.29 is 14.4 Å². The number of rotatable bonds is 10. The van der Waals surface area contributed by atoms with Gasteiger partial charge in [0.1, 0.15) is 24.2 Å². The molecular weight excluding hydrogens is 464 g/mol. The molecule has 35 heavy (non-hydrogen) atoms. The SMILES string of the molecule is CCC1CC(Cc2nc(-c3cc(OC[C@@H](O)CNC)ccc3Cl)nc(-c3c(C)noc3C)c2C)C1. The van der Waals surface area contributed by atoms with Crippen LogP contribution in [-0.2, 0) is 6.42 Å². The van der Waals surface area contributed by atoms with Crippen molar-refractivity contribution in [2.45, 2.75) is 59.5 Å². The lowest BCUT2D eigenvalue weighted by Gasteiger charge is -2.35. The number of likely N-dealkylation sites (N-methyl/N-ethyl adjacent to an activating group) is 1. The van der Waals surface area contributed by atoms with Crippen molar-refractivity contribution in [1.29, 1.82) is 0 Å². The summed E-state index contributed by atoms with van der Waals surface area (Å²) >= 11 is 6.63. The van der Waals surface area contributed by atoms with Gasteiger partial charge in [-0.15, -0.1) is 0 Å². The molecule has 3 aromatic rings. The highest BCUT2D eigenvalue weighted by Gasteiger charge is 2.30. The van der Waals surface area contributed by atoms with Crippen LogP contribution in [-0.4, -0.2) is 46.5 Å². The van der Waals surface area contributed by atoms with Gasteiger partial charge in [-0.05, 0) is 82.7 Å². The molecule has 1 fully saturated rings. The van der Waals surface area contributed by atoms with Gasteiger partial charge in [-0.25, -0.2) is 9.97 Å². The first-order chi connectivity index (χ1) is 16.8. The lowest BCUT2D eigenvalue weighted by Crippen LogP contribution is -2.29. The topological polar surface area (TPSA) is 93.3 Å². The molecule has 2 aromatic heterocycles. The summed E-state index contributed by atoms with van der Waals surface area (Å²) in [4.78, 5) is 9.98. The number of aryl methyl sites for hydroxylation is 2. The molecule has 0 spiro atoms. The van der Waals surface area contributed by atoms with E-state index in [0.29, 0.717) is 34.6 Å². The van der Waals surface area contributed by atoms with Crippen molar-refractivity contribution in [2.75, 3.05) is 20.2 Å². The van der Waals surface area contributed by atoms with E-state index in [-0.39, 0.29) is 6.61 Å². The normalized spacial score (nSPS) is 18.4. The van der Waals surface area contributed by atoms with Gasteiger partial charge < -0.3 is 19.7 Å². The summed E-state index contributed by atoms with van der Waals surface area (Å²) in [6.45, 7) is 8.81. The molecule has 4 rings (SSSR count). The third-order valence-corrected chi connectivity index (χ3v) is 7.30. The Morgan fingerprint density at radius 1 is 1.20 bits per heavy atom. The Labute approximate surface area is 212 Å². The second kappa shape index (κ2) is 11.1. The predicted octanol–water partition coefficient (Wildman–Crippen LogP) is 5.32. The molecule has 0 unspecified atom stereocenters. The highest BCUT2D eigenvalue weighted by molar-refractivity contribution is 6.33. The van der Waals surface area contributed by atoms with E-state index in [1.54, 1.807) is 19.2 Å². The van der Waals surface area contributed by atoms with Crippen molar-refractivity contribution in [1.82, 2.24) is 20.4 Å². The monoisotopic (exact) mass is 498 g/mol. The highest BCUT2D eigenvalue weighted by atomic mass is 35.5. The Morgan fingerprint density at radius 2 is 1.97 bits per heavy atom. The molecular formula is C27H35ClN4O3. The number of nitrogens with one attached hydrogen (secondary N) is 1. The van der Waals surface area contributed by atoms with Crippen molar-refractivity contribution in [3.63, 3.8) is 0 Å². The van der Waals surface area contributed by atoms with Gasteiger partial charge in [0.15, 0.2) is 5.82 Å². The van der Waals surface area contributed by atoms with Crippen molar-refractivity contribution in [3.05, 3.63) is 45.9 Å². The van der Waals surface area contributed by atoms with E-state index in [1.165, 1.54) is 19.3 Å². The van der Waals surface area contributed by atoms with Crippen LogP contribution < -0.4 is 10.1 Å². The number of aromatic nitrogens is 3. The Kier molecular flexibility index (Phi) is 8.09. The predicted molar refractivity (Wildman–Crippen MR) is 138 cm³/mol. The maximum Gasteiger partial charge on any atom is 0.161 e. The summed E-state index contributed by atoms with van der Waals surface area (Å²) in [5.41, 5.74) is 5.34. The van der Waals surface area contributed by atoms with Gasteiger partial charge in [-0.2, -0.15) is 0 Å². The summed E-state index contributed by atoms with van der Waals surface area (Å²) < 4.78 is 11.3. The van der Waals surface area contributed by atoms with Crippen LogP contribution >= 0.6 is 11.6 Å². The minimum atomic E-state index is -0.609. The summed E-state index contributed by atoms with van der Waals surface area (Å²) in [5.74, 6) is 3.35. The molecule has 2 heterocycles. The van der Waals surface area contributed by atoms with Crippen molar-refractivity contribution >= 4 is 11.6 Å². The zero-order valence-electron chi connectivity index (χ0n) is 21.2. The van der Waals surface area contributed by atoms with Crippen molar-refractivity contribution in [3.8, 4) is 28.4 Å². The number of aliphatic hydroxyl groups excluding tert-OH is 1. The maximum absolute atomic E-state index is 10.0. The number of aliphatic hydroxyl groups is 1. The molecule has 2 N–H and O–H groups in total. The standard InChI is InChI=1S/C27H35ClN4O3/c1-6-18-9-19(10-18)11-24-15(2)26(25-16(3)32-35-17(25)4)31-27(30-24)22-12-21(7-8-23(22)28)34-14-20(33)13-29-5/h7-8,12,18-20,29,33H,6,9-11,13-14H2,1-5H3/t18?,19?,20-/m0/s1. The molecule has 0 saturated heterocycles. The van der Waals surface area contributed by atoms with Gasteiger partial charge in [0.05, 0.1) is 22.0 Å². The quantitative estimate of drug-likeness (QED) is 0.391. The van der Waals surface area contributed by atoms with Crippen LogP contribution in [0.4, 0.5) is 0 Å². The Bertz CT molecular complexity index is 1150. The lowest BCUT2D eigenvalue weighted by molar-refractivity contribution is 0.108. The smallest absolute Gasteiger partial charge is 0.161 e. The average molecular weight is 499 g/mol. The fraction of sp³-hybridized carbons (Fsp3) is 0.519. The number of nitrogens with zero attached hydrogens (tertiary/aromatic N) is 3. The molecule has 7 nitrogen and oxygen atoms in total. The Morgan fingerprint density at radius 3 is 2.63 bits per heavy atom.